The van der Waals surface area contributed by atoms with Crippen LogP contribution in [0.2, 0.25) is 15.2 Å². The van der Waals surface area contributed by atoms with Gasteiger partial charge >= 0.3 is 0 Å². The quantitative estimate of drug-likeness (QED) is 0.796. The molecule has 0 radical (unpaired) electrons. The van der Waals surface area contributed by atoms with Gasteiger partial charge in [0, 0.05) is 26.2 Å². The molecule has 0 unspecified atom stereocenters. The van der Waals surface area contributed by atoms with Gasteiger partial charge in [-0.05, 0) is 19.0 Å². The molecule has 2 heterocycles. The zero-order chi connectivity index (χ0) is 13.1. The third kappa shape index (κ3) is 3.21. The molecule has 100 valence electrons. The third-order valence-electron chi connectivity index (χ3n) is 3.08. The molecule has 18 heavy (non-hydrogen) atoms. The molecular weight excluding hydrogens is 293 g/mol. The molecule has 0 aliphatic carbocycles. The summed E-state index contributed by atoms with van der Waals surface area (Å²) in [6.45, 7) is 7.26. The lowest BCUT2D eigenvalue weighted by Crippen LogP contribution is -2.46. The van der Waals surface area contributed by atoms with Crippen LogP contribution in [0.1, 0.15) is 13.3 Å². The predicted octanol–water partition coefficient (Wildman–Crippen LogP) is 3.57. The number of aromatic nitrogens is 1. The first-order valence-electron chi connectivity index (χ1n) is 6.10. The summed E-state index contributed by atoms with van der Waals surface area (Å²) in [5, 5.41) is 1.27. The zero-order valence-corrected chi connectivity index (χ0v) is 12.6. The van der Waals surface area contributed by atoms with Crippen molar-refractivity contribution in [3.8, 4) is 0 Å². The Morgan fingerprint density at radius 1 is 1.11 bits per heavy atom. The van der Waals surface area contributed by atoms with Crippen molar-refractivity contribution in [1.82, 2.24) is 9.88 Å². The van der Waals surface area contributed by atoms with Crippen molar-refractivity contribution >= 4 is 40.6 Å². The first kappa shape index (κ1) is 14.2. The molecule has 1 aromatic heterocycles. The Kier molecular flexibility index (Phi) is 4.96. The van der Waals surface area contributed by atoms with Crippen molar-refractivity contribution in [1.29, 1.82) is 0 Å². The smallest absolute Gasteiger partial charge is 0.150 e. The number of nitrogens with zero attached hydrogens (tertiary/aromatic N) is 3. The molecule has 3 nitrogen and oxygen atoms in total. The average molecular weight is 309 g/mol. The number of rotatable bonds is 3. The summed E-state index contributed by atoms with van der Waals surface area (Å²) in [5.74, 6) is 0.738. The minimum atomic E-state index is 0.312. The first-order chi connectivity index (χ1) is 8.61. The van der Waals surface area contributed by atoms with Crippen molar-refractivity contribution < 1.29 is 0 Å². The monoisotopic (exact) mass is 307 g/mol. The average Bonchev–Trinajstić information content (AvgIpc) is 2.35. The summed E-state index contributed by atoms with van der Waals surface area (Å²) in [5.41, 5.74) is 0. The second-order valence-corrected chi connectivity index (χ2v) is 5.57. The predicted molar refractivity (Wildman–Crippen MR) is 78.2 cm³/mol. The topological polar surface area (TPSA) is 19.4 Å². The van der Waals surface area contributed by atoms with Crippen molar-refractivity contribution in [2.75, 3.05) is 37.6 Å². The van der Waals surface area contributed by atoms with Gasteiger partial charge in [0.25, 0.3) is 0 Å². The van der Waals surface area contributed by atoms with E-state index < -0.39 is 0 Å². The van der Waals surface area contributed by atoms with Crippen LogP contribution in [0, 0.1) is 0 Å². The number of halogens is 3. The highest BCUT2D eigenvalue weighted by atomic mass is 35.5. The lowest BCUT2D eigenvalue weighted by molar-refractivity contribution is 0.258. The summed E-state index contributed by atoms with van der Waals surface area (Å²) in [6, 6.07) is 1.66. The highest BCUT2D eigenvalue weighted by Gasteiger charge is 2.20. The standard InChI is InChI=1S/C12H16Cl3N3/c1-2-3-17-4-6-18(7-5-17)12-10(14)8-9(13)11(15)16-12/h8H,2-7H2,1H3. The molecule has 1 aliphatic rings. The van der Waals surface area contributed by atoms with Crippen LogP contribution in [-0.2, 0) is 0 Å². The molecule has 0 amide bonds. The molecule has 0 atom stereocenters. The highest BCUT2D eigenvalue weighted by molar-refractivity contribution is 6.42. The fourth-order valence-corrected chi connectivity index (χ4v) is 2.77. The van der Waals surface area contributed by atoms with Gasteiger partial charge in [0.15, 0.2) is 0 Å². The van der Waals surface area contributed by atoms with E-state index in [0.29, 0.717) is 15.2 Å². The Morgan fingerprint density at radius 3 is 2.39 bits per heavy atom. The van der Waals surface area contributed by atoms with Gasteiger partial charge in [-0.2, -0.15) is 0 Å². The normalized spacial score (nSPS) is 17.2. The van der Waals surface area contributed by atoms with E-state index in [1.807, 2.05) is 0 Å². The maximum Gasteiger partial charge on any atom is 0.150 e. The van der Waals surface area contributed by atoms with Gasteiger partial charge in [-0.15, -0.1) is 0 Å². The third-order valence-corrected chi connectivity index (χ3v) is 4.03. The van der Waals surface area contributed by atoms with E-state index >= 15 is 0 Å². The number of piperazine rings is 1. The summed E-state index contributed by atoms with van der Waals surface area (Å²) >= 11 is 18.0. The molecule has 1 fully saturated rings. The van der Waals surface area contributed by atoms with Crippen molar-refractivity contribution in [2.45, 2.75) is 13.3 Å². The Bertz CT molecular complexity index is 417. The number of anilines is 1. The van der Waals surface area contributed by atoms with Crippen molar-refractivity contribution in [2.24, 2.45) is 0 Å². The molecule has 0 bridgehead atoms. The van der Waals surface area contributed by atoms with Gasteiger partial charge in [0.05, 0.1) is 10.0 Å². The second kappa shape index (κ2) is 6.29. The lowest BCUT2D eigenvalue weighted by Gasteiger charge is -2.35. The van der Waals surface area contributed by atoms with Crippen LogP contribution >= 0.6 is 34.8 Å². The number of hydrogen-bond acceptors (Lipinski definition) is 3. The van der Waals surface area contributed by atoms with E-state index in [-0.39, 0.29) is 0 Å². The van der Waals surface area contributed by atoms with E-state index in [2.05, 4.69) is 21.7 Å². The fraction of sp³-hybridized carbons (Fsp3) is 0.583. The molecule has 1 aromatic rings. The molecule has 0 saturated carbocycles. The molecule has 0 spiro atoms. The van der Waals surface area contributed by atoms with E-state index in [0.717, 1.165) is 38.5 Å². The van der Waals surface area contributed by atoms with Crippen molar-refractivity contribution in [3.63, 3.8) is 0 Å². The summed E-state index contributed by atoms with van der Waals surface area (Å²) in [4.78, 5) is 8.89. The van der Waals surface area contributed by atoms with Gasteiger partial charge in [-0.3, -0.25) is 4.90 Å². The van der Waals surface area contributed by atoms with Crippen molar-refractivity contribution in [3.05, 3.63) is 21.3 Å². The summed E-state index contributed by atoms with van der Waals surface area (Å²) in [7, 11) is 0. The van der Waals surface area contributed by atoms with Gasteiger partial charge < -0.3 is 4.90 Å². The Hall–Kier alpha value is -0.220. The molecule has 6 heteroatoms. The second-order valence-electron chi connectivity index (χ2n) is 4.40. The Balaban J connectivity index is 2.07. The fourth-order valence-electron chi connectivity index (χ4n) is 2.16. The van der Waals surface area contributed by atoms with Crippen LogP contribution in [-0.4, -0.2) is 42.6 Å². The van der Waals surface area contributed by atoms with Gasteiger partial charge in [0.2, 0.25) is 0 Å². The van der Waals surface area contributed by atoms with Crippen LogP contribution in [0.5, 0.6) is 0 Å². The van der Waals surface area contributed by atoms with Crippen LogP contribution in [0.4, 0.5) is 5.82 Å². The van der Waals surface area contributed by atoms with E-state index in [9.17, 15) is 0 Å². The molecule has 0 aromatic carbocycles. The Morgan fingerprint density at radius 2 is 1.78 bits per heavy atom. The lowest BCUT2D eigenvalue weighted by atomic mass is 10.3. The minimum Gasteiger partial charge on any atom is -0.353 e. The largest absolute Gasteiger partial charge is 0.353 e. The van der Waals surface area contributed by atoms with Crippen LogP contribution in [0.15, 0.2) is 6.07 Å². The maximum atomic E-state index is 6.17. The van der Waals surface area contributed by atoms with Gasteiger partial charge in [0.1, 0.15) is 11.0 Å². The van der Waals surface area contributed by atoms with E-state index in [1.165, 1.54) is 6.42 Å². The van der Waals surface area contributed by atoms with E-state index in [4.69, 9.17) is 34.8 Å². The highest BCUT2D eigenvalue weighted by Crippen LogP contribution is 2.31. The van der Waals surface area contributed by atoms with E-state index in [1.54, 1.807) is 6.07 Å². The number of hydrogen-bond donors (Lipinski definition) is 0. The first-order valence-corrected chi connectivity index (χ1v) is 7.24. The molecule has 1 saturated heterocycles. The van der Waals surface area contributed by atoms with Gasteiger partial charge in [-0.25, -0.2) is 4.98 Å². The number of pyridine rings is 1. The van der Waals surface area contributed by atoms with Crippen LogP contribution in [0.25, 0.3) is 0 Å². The summed E-state index contributed by atoms with van der Waals surface area (Å²) < 4.78 is 0. The Labute approximate surface area is 123 Å². The SMILES string of the molecule is CCCN1CCN(c2nc(Cl)c(Cl)cc2Cl)CC1. The molecular formula is C12H16Cl3N3. The molecule has 1 aliphatic heterocycles. The summed E-state index contributed by atoms with van der Waals surface area (Å²) in [6.07, 6.45) is 1.19. The molecule has 0 N–H and O–H groups in total. The van der Waals surface area contributed by atoms with Gasteiger partial charge in [-0.1, -0.05) is 41.7 Å². The zero-order valence-electron chi connectivity index (χ0n) is 10.3. The maximum absolute atomic E-state index is 6.17. The van der Waals surface area contributed by atoms with Crippen LogP contribution < -0.4 is 4.90 Å². The van der Waals surface area contributed by atoms with Crippen LogP contribution in [0.3, 0.4) is 0 Å². The minimum absolute atomic E-state index is 0.312. The molecule has 2 rings (SSSR count).